The van der Waals surface area contributed by atoms with Gasteiger partial charge in [0.1, 0.15) is 0 Å². The first-order valence-corrected chi connectivity index (χ1v) is 33.9. The van der Waals surface area contributed by atoms with Crippen LogP contribution in [0.25, 0.3) is 0 Å². The van der Waals surface area contributed by atoms with Gasteiger partial charge in [-0.05, 0) is 83.5 Å². The molecule has 0 unspecified atom stereocenters. The molecule has 0 saturated heterocycles. The second-order valence-electron chi connectivity index (χ2n) is 23.1. The van der Waals surface area contributed by atoms with Crippen molar-refractivity contribution in [3.8, 4) is 0 Å². The molecule has 0 heterocycles. The molecule has 76 heavy (non-hydrogen) atoms. The number of carbonyl (C=O) groups excluding carboxylic acids is 2. The number of unbranched alkanes of at least 4 members (excludes halogenated alkanes) is 46. The van der Waals surface area contributed by atoms with Gasteiger partial charge in [0.2, 0.25) is 5.91 Å². The molecule has 0 aliphatic heterocycles. The first kappa shape index (κ1) is 73.8. The summed E-state index contributed by atoms with van der Waals surface area (Å²) in [7, 11) is 0. The van der Waals surface area contributed by atoms with E-state index in [1.807, 2.05) is 6.08 Å². The monoisotopic (exact) mass is 1070 g/mol. The summed E-state index contributed by atoms with van der Waals surface area (Å²) in [5, 5.41) is 23.1. The first-order valence-electron chi connectivity index (χ1n) is 33.9. The van der Waals surface area contributed by atoms with Crippen molar-refractivity contribution in [2.45, 2.75) is 373 Å². The molecule has 0 saturated carbocycles. The molecule has 6 nitrogen and oxygen atoms in total. The van der Waals surface area contributed by atoms with Gasteiger partial charge < -0.3 is 20.3 Å². The molecule has 0 aromatic heterocycles. The van der Waals surface area contributed by atoms with Crippen LogP contribution in [-0.4, -0.2) is 47.4 Å². The van der Waals surface area contributed by atoms with E-state index in [4.69, 9.17) is 4.74 Å². The van der Waals surface area contributed by atoms with Crippen LogP contribution in [0.4, 0.5) is 0 Å². The van der Waals surface area contributed by atoms with E-state index in [2.05, 4.69) is 55.6 Å². The molecule has 3 N–H and O–H groups in total. The normalized spacial score (nSPS) is 12.8. The highest BCUT2D eigenvalue weighted by Gasteiger charge is 2.18. The van der Waals surface area contributed by atoms with Crippen LogP contribution < -0.4 is 5.32 Å². The number of hydrogen-bond acceptors (Lipinski definition) is 5. The topological polar surface area (TPSA) is 95.9 Å². The summed E-state index contributed by atoms with van der Waals surface area (Å²) in [4.78, 5) is 24.5. The minimum atomic E-state index is -0.847. The third kappa shape index (κ3) is 61.0. The summed E-state index contributed by atoms with van der Waals surface area (Å²) >= 11 is 0. The van der Waals surface area contributed by atoms with Gasteiger partial charge in [0, 0.05) is 12.8 Å². The lowest BCUT2D eigenvalue weighted by molar-refractivity contribution is -0.143. The van der Waals surface area contributed by atoms with Gasteiger partial charge in [0.05, 0.1) is 25.4 Å². The van der Waals surface area contributed by atoms with Crippen molar-refractivity contribution >= 4 is 11.9 Å². The Labute approximate surface area is 474 Å². The van der Waals surface area contributed by atoms with Crippen molar-refractivity contribution in [1.29, 1.82) is 0 Å². The predicted octanol–water partition coefficient (Wildman–Crippen LogP) is 21.7. The highest BCUT2D eigenvalue weighted by Crippen LogP contribution is 2.18. The van der Waals surface area contributed by atoms with Crippen molar-refractivity contribution < 1.29 is 24.5 Å². The molecule has 6 heteroatoms. The molecular weight excluding hydrogens is 935 g/mol. The van der Waals surface area contributed by atoms with Crippen LogP contribution in [-0.2, 0) is 14.3 Å². The van der Waals surface area contributed by atoms with Gasteiger partial charge in [0.15, 0.2) is 0 Å². The Hall–Kier alpha value is -2.18. The van der Waals surface area contributed by atoms with E-state index < -0.39 is 12.1 Å². The van der Waals surface area contributed by atoms with Crippen LogP contribution in [0.2, 0.25) is 0 Å². The fourth-order valence-electron chi connectivity index (χ4n) is 10.4. The smallest absolute Gasteiger partial charge is 0.305 e. The van der Waals surface area contributed by atoms with Crippen molar-refractivity contribution in [1.82, 2.24) is 5.32 Å². The van der Waals surface area contributed by atoms with Crippen LogP contribution in [0.1, 0.15) is 361 Å². The van der Waals surface area contributed by atoms with Gasteiger partial charge in [0.25, 0.3) is 0 Å². The molecule has 0 aliphatic rings. The van der Waals surface area contributed by atoms with E-state index in [1.54, 1.807) is 6.08 Å². The molecule has 0 spiro atoms. The number of allylic oxidation sites excluding steroid dienone is 7. The summed E-state index contributed by atoms with van der Waals surface area (Å²) in [6.07, 6.45) is 84.8. The van der Waals surface area contributed by atoms with Crippen molar-refractivity contribution in [3.05, 3.63) is 48.6 Å². The fourth-order valence-corrected chi connectivity index (χ4v) is 10.4. The lowest BCUT2D eigenvalue weighted by atomic mass is 10.0. The number of esters is 1. The van der Waals surface area contributed by atoms with E-state index in [9.17, 15) is 19.8 Å². The number of aliphatic hydroxyl groups is 2. The number of rotatable bonds is 63. The molecule has 0 fully saturated rings. The minimum absolute atomic E-state index is 0.00609. The van der Waals surface area contributed by atoms with Crippen molar-refractivity contribution in [3.63, 3.8) is 0 Å². The quantitative estimate of drug-likeness (QED) is 0.0320. The maximum Gasteiger partial charge on any atom is 0.305 e. The Kier molecular flexibility index (Phi) is 63.5. The van der Waals surface area contributed by atoms with E-state index in [-0.39, 0.29) is 18.5 Å². The lowest BCUT2D eigenvalue weighted by Crippen LogP contribution is -2.45. The Bertz CT molecular complexity index is 1270. The van der Waals surface area contributed by atoms with Gasteiger partial charge in [-0.3, -0.25) is 9.59 Å². The average molecular weight is 1070 g/mol. The van der Waals surface area contributed by atoms with Gasteiger partial charge in [-0.2, -0.15) is 0 Å². The van der Waals surface area contributed by atoms with Crippen molar-refractivity contribution in [2.24, 2.45) is 0 Å². The predicted molar refractivity (Wildman–Crippen MR) is 333 cm³/mol. The molecule has 0 aromatic rings. The molecule has 1 amide bonds. The molecule has 0 aliphatic carbocycles. The Morgan fingerprint density at radius 3 is 1.07 bits per heavy atom. The second kappa shape index (κ2) is 65.3. The molecule has 0 radical (unpaired) electrons. The number of aliphatic hydroxyl groups excluding tert-OH is 2. The maximum absolute atomic E-state index is 12.5. The molecule has 0 bridgehead atoms. The van der Waals surface area contributed by atoms with Gasteiger partial charge in [-0.1, -0.05) is 313 Å². The van der Waals surface area contributed by atoms with Gasteiger partial charge >= 0.3 is 5.97 Å². The SMILES string of the molecule is CCC/C=C\CCCCCCCC/C=C/[C@@H](O)[C@H](CO)NC(=O)CCCCCCCCCCCCCCCCCCCCCCCCCCCCCCCCCOC(=O)CCCCCCC/C=C\C/C=C\CCCCC. The zero-order valence-electron chi connectivity index (χ0n) is 51.0. The number of carbonyl (C=O) groups is 2. The summed E-state index contributed by atoms with van der Waals surface area (Å²) in [5.74, 6) is -0.0608. The van der Waals surface area contributed by atoms with E-state index in [1.165, 1.54) is 283 Å². The third-order valence-corrected chi connectivity index (χ3v) is 15.5. The van der Waals surface area contributed by atoms with Gasteiger partial charge in [-0.15, -0.1) is 0 Å². The fraction of sp³-hybridized carbons (Fsp3) is 0.857. The Balaban J connectivity index is 3.34. The minimum Gasteiger partial charge on any atom is -0.466 e. The number of amides is 1. The summed E-state index contributed by atoms with van der Waals surface area (Å²) in [6.45, 7) is 4.83. The van der Waals surface area contributed by atoms with Crippen molar-refractivity contribution in [2.75, 3.05) is 13.2 Å². The lowest BCUT2D eigenvalue weighted by Gasteiger charge is -2.20. The standard InChI is InChI=1S/C70H131NO5/c1-3-5-7-9-11-13-15-17-35-40-44-48-52-56-60-64-70(75)76-65-61-57-53-49-45-41-37-34-32-30-28-26-24-22-20-18-19-21-23-25-27-29-31-33-36-39-43-47-51-55-59-63-69(74)71-67(66-72)68(73)62-58-54-50-46-42-38-16-14-12-10-8-6-4-2/h8,10-11,13,17,35,58,62,67-68,72-73H,3-7,9,12,14-16,18-34,36-57,59-61,63-66H2,1-2H3,(H,71,74)/b10-8-,13-11-,35-17-,62-58+/t67-,68+/m0/s1. The Morgan fingerprint density at radius 1 is 0.368 bits per heavy atom. The molecular formula is C70H131NO5. The molecule has 0 aromatic carbocycles. The van der Waals surface area contributed by atoms with Crippen LogP contribution in [0.5, 0.6) is 0 Å². The zero-order valence-corrected chi connectivity index (χ0v) is 51.0. The number of nitrogens with one attached hydrogen (secondary N) is 1. The van der Waals surface area contributed by atoms with E-state index in [0.717, 1.165) is 51.4 Å². The largest absolute Gasteiger partial charge is 0.466 e. The highest BCUT2D eigenvalue weighted by molar-refractivity contribution is 5.76. The summed E-state index contributed by atoms with van der Waals surface area (Å²) in [6, 6.07) is -0.629. The maximum atomic E-state index is 12.5. The average Bonchev–Trinajstić information content (AvgIpc) is 3.42. The number of hydrogen-bond donors (Lipinski definition) is 3. The van der Waals surface area contributed by atoms with Crippen LogP contribution in [0.15, 0.2) is 48.6 Å². The van der Waals surface area contributed by atoms with Crippen LogP contribution >= 0.6 is 0 Å². The molecule has 446 valence electrons. The third-order valence-electron chi connectivity index (χ3n) is 15.5. The van der Waals surface area contributed by atoms with Gasteiger partial charge in [-0.25, -0.2) is 0 Å². The molecule has 2 atom stereocenters. The van der Waals surface area contributed by atoms with E-state index in [0.29, 0.717) is 19.4 Å². The van der Waals surface area contributed by atoms with Crippen LogP contribution in [0.3, 0.4) is 0 Å². The van der Waals surface area contributed by atoms with E-state index >= 15 is 0 Å². The summed E-state index contributed by atoms with van der Waals surface area (Å²) < 4.78 is 5.49. The highest BCUT2D eigenvalue weighted by atomic mass is 16.5. The number of ether oxygens (including phenoxy) is 1. The molecule has 0 rings (SSSR count). The van der Waals surface area contributed by atoms with Crippen LogP contribution in [0, 0.1) is 0 Å². The second-order valence-corrected chi connectivity index (χ2v) is 23.1. The zero-order chi connectivity index (χ0) is 55.0. The Morgan fingerprint density at radius 2 is 0.684 bits per heavy atom. The first-order chi connectivity index (χ1) is 37.5. The summed E-state index contributed by atoms with van der Waals surface area (Å²) in [5.41, 5.74) is 0.